The van der Waals surface area contributed by atoms with Crippen LogP contribution in [0.15, 0.2) is 0 Å². The van der Waals surface area contributed by atoms with Crippen LogP contribution >= 0.6 is 0 Å². The molecule has 0 aromatic carbocycles. The van der Waals surface area contributed by atoms with Crippen LogP contribution in [0.3, 0.4) is 0 Å². The van der Waals surface area contributed by atoms with Crippen molar-refractivity contribution in [2.75, 3.05) is 13.2 Å². The number of halogens is 2. The van der Waals surface area contributed by atoms with E-state index < -0.39 is 24.6 Å². The Morgan fingerprint density at radius 3 is 2.95 bits per heavy atom. The normalized spacial score (nSPS) is 28.7. The third-order valence-corrected chi connectivity index (χ3v) is 4.31. The van der Waals surface area contributed by atoms with E-state index in [9.17, 15) is 18.7 Å². The van der Waals surface area contributed by atoms with Crippen LogP contribution < -0.4 is 5.73 Å². The molecule has 3 rings (SSSR count). The lowest BCUT2D eigenvalue weighted by molar-refractivity contribution is -0.00866. The van der Waals surface area contributed by atoms with E-state index in [-0.39, 0.29) is 13.1 Å². The van der Waals surface area contributed by atoms with Gasteiger partial charge >= 0.3 is 6.03 Å². The second-order valence-corrected chi connectivity index (χ2v) is 5.79. The van der Waals surface area contributed by atoms with E-state index >= 15 is 0 Å². The molecule has 0 aliphatic carbocycles. The van der Waals surface area contributed by atoms with Gasteiger partial charge in [-0.15, -0.1) is 0 Å². The second-order valence-electron chi connectivity index (χ2n) is 5.79. The summed E-state index contributed by atoms with van der Waals surface area (Å²) < 4.78 is 29.1. The number of amides is 2. The Morgan fingerprint density at radius 1 is 1.52 bits per heavy atom. The summed E-state index contributed by atoms with van der Waals surface area (Å²) in [5, 5.41) is 14.5. The summed E-state index contributed by atoms with van der Waals surface area (Å²) in [6.45, 7) is -0.675. The van der Waals surface area contributed by atoms with Gasteiger partial charge in [0.05, 0.1) is 17.8 Å². The number of alkyl halides is 2. The largest absolute Gasteiger partial charge is 0.385 e. The predicted octanol–water partition coefficient (Wildman–Crippen LogP) is 0.825. The number of nitrogens with zero attached hydrogens (tertiary/aromatic N) is 3. The van der Waals surface area contributed by atoms with Crippen molar-refractivity contribution in [3.63, 3.8) is 0 Å². The molecule has 0 saturated heterocycles. The third kappa shape index (κ3) is 2.27. The number of carbonyl (C=O) groups is 1. The van der Waals surface area contributed by atoms with E-state index in [1.807, 2.05) is 0 Å². The first-order chi connectivity index (χ1) is 9.95. The maximum Gasteiger partial charge on any atom is 0.317 e. The Hall–Kier alpha value is -1.70. The highest BCUT2D eigenvalue weighted by Crippen LogP contribution is 2.36. The number of carbonyl (C=O) groups excluding carboxylic acids is 1. The number of hydrogen-bond acceptors (Lipinski definition) is 3. The van der Waals surface area contributed by atoms with Gasteiger partial charge in [-0.25, -0.2) is 13.6 Å². The van der Waals surface area contributed by atoms with Gasteiger partial charge in [0, 0.05) is 18.7 Å². The van der Waals surface area contributed by atoms with Gasteiger partial charge < -0.3 is 10.8 Å². The molecule has 3 N–H and O–H groups in total. The Kier molecular flexibility index (Phi) is 3.35. The molecular weight excluding hydrogens is 282 g/mol. The molecule has 0 fully saturated rings. The van der Waals surface area contributed by atoms with Crippen LogP contribution in [0, 0.1) is 0 Å². The molecule has 1 aromatic heterocycles. The summed E-state index contributed by atoms with van der Waals surface area (Å²) in [6, 6.07) is -0.804. The second kappa shape index (κ2) is 4.94. The standard InChI is InChI=1S/C13H18F2N4O2/c14-6-13(21)4-1-2-9-10-8(17-19(9)7-13)3-5-18(11(10)15)12(16)20/h11,21H,1-7H2,(H2,16,20). The maximum atomic E-state index is 14.6. The minimum absolute atomic E-state index is 0.00905. The van der Waals surface area contributed by atoms with Gasteiger partial charge in [0.15, 0.2) is 0 Å². The molecule has 0 radical (unpaired) electrons. The minimum Gasteiger partial charge on any atom is -0.385 e. The summed E-state index contributed by atoms with van der Waals surface area (Å²) in [6.07, 6.45) is 0.135. The highest BCUT2D eigenvalue weighted by atomic mass is 19.1. The molecule has 0 spiro atoms. The molecule has 2 unspecified atom stereocenters. The van der Waals surface area contributed by atoms with Crippen LogP contribution in [0.4, 0.5) is 13.6 Å². The Bertz CT molecular complexity index is 577. The van der Waals surface area contributed by atoms with Gasteiger partial charge in [-0.2, -0.15) is 5.10 Å². The lowest BCUT2D eigenvalue weighted by atomic mass is 9.98. The highest BCUT2D eigenvalue weighted by molar-refractivity contribution is 5.73. The molecular formula is C13H18F2N4O2. The van der Waals surface area contributed by atoms with Gasteiger partial charge in [0.1, 0.15) is 12.3 Å². The zero-order valence-corrected chi connectivity index (χ0v) is 11.6. The van der Waals surface area contributed by atoms with Crippen molar-refractivity contribution in [1.29, 1.82) is 0 Å². The lowest BCUT2D eigenvalue weighted by Gasteiger charge is -2.29. The van der Waals surface area contributed by atoms with E-state index in [1.165, 1.54) is 4.68 Å². The van der Waals surface area contributed by atoms with Crippen LogP contribution in [-0.4, -0.2) is 44.6 Å². The molecule has 2 amide bonds. The summed E-state index contributed by atoms with van der Waals surface area (Å²) in [5.41, 5.74) is 5.30. The Labute approximate surface area is 120 Å². The number of nitrogens with two attached hydrogens (primary N) is 1. The van der Waals surface area contributed by atoms with Gasteiger partial charge in [-0.1, -0.05) is 0 Å². The minimum atomic E-state index is -1.62. The molecule has 1 aromatic rings. The summed E-state index contributed by atoms with van der Waals surface area (Å²) in [5.74, 6) is 0. The van der Waals surface area contributed by atoms with Crippen molar-refractivity contribution in [1.82, 2.24) is 14.7 Å². The van der Waals surface area contributed by atoms with Crippen LogP contribution in [-0.2, 0) is 19.4 Å². The van der Waals surface area contributed by atoms with E-state index in [0.717, 1.165) is 4.90 Å². The number of rotatable bonds is 1. The zero-order chi connectivity index (χ0) is 15.2. The van der Waals surface area contributed by atoms with E-state index in [4.69, 9.17) is 5.73 Å². The molecule has 6 nitrogen and oxygen atoms in total. The molecule has 3 heterocycles. The molecule has 2 aliphatic heterocycles. The van der Waals surface area contributed by atoms with Crippen LogP contribution in [0.2, 0.25) is 0 Å². The molecule has 8 heteroatoms. The van der Waals surface area contributed by atoms with Gasteiger partial charge in [0.25, 0.3) is 0 Å². The lowest BCUT2D eigenvalue weighted by Crippen LogP contribution is -2.41. The summed E-state index contributed by atoms with van der Waals surface area (Å²) in [7, 11) is 0. The van der Waals surface area contributed by atoms with Crippen molar-refractivity contribution in [2.24, 2.45) is 5.73 Å². The van der Waals surface area contributed by atoms with E-state index in [0.29, 0.717) is 42.6 Å². The molecule has 2 atom stereocenters. The van der Waals surface area contributed by atoms with Crippen molar-refractivity contribution >= 4 is 6.03 Å². The number of urea groups is 1. The molecule has 2 aliphatic rings. The maximum absolute atomic E-state index is 14.6. The van der Waals surface area contributed by atoms with Crippen LogP contribution in [0.5, 0.6) is 0 Å². The number of primary amides is 1. The molecule has 21 heavy (non-hydrogen) atoms. The summed E-state index contributed by atoms with van der Waals surface area (Å²) >= 11 is 0. The van der Waals surface area contributed by atoms with E-state index in [1.54, 1.807) is 0 Å². The number of aromatic nitrogens is 2. The Morgan fingerprint density at radius 2 is 2.29 bits per heavy atom. The van der Waals surface area contributed by atoms with Gasteiger partial charge in [0.2, 0.25) is 6.30 Å². The van der Waals surface area contributed by atoms with Crippen molar-refractivity contribution in [3.05, 3.63) is 17.0 Å². The fourth-order valence-electron chi connectivity index (χ4n) is 3.19. The fourth-order valence-corrected chi connectivity index (χ4v) is 3.19. The summed E-state index contributed by atoms with van der Waals surface area (Å²) in [4.78, 5) is 12.2. The van der Waals surface area contributed by atoms with Crippen molar-refractivity contribution < 1.29 is 18.7 Å². The van der Waals surface area contributed by atoms with Gasteiger partial charge in [-0.05, 0) is 19.3 Å². The SMILES string of the molecule is NC(=O)N1CCc2nn3c(c2C1F)CCCC(O)(CF)C3. The van der Waals surface area contributed by atoms with Crippen LogP contribution in [0.25, 0.3) is 0 Å². The smallest absolute Gasteiger partial charge is 0.317 e. The van der Waals surface area contributed by atoms with Crippen LogP contribution in [0.1, 0.15) is 36.1 Å². The molecule has 0 bridgehead atoms. The monoisotopic (exact) mass is 300 g/mol. The fraction of sp³-hybridized carbons (Fsp3) is 0.692. The average molecular weight is 300 g/mol. The topological polar surface area (TPSA) is 84.4 Å². The number of fused-ring (bicyclic) bond motifs is 3. The first kappa shape index (κ1) is 14.2. The first-order valence-corrected chi connectivity index (χ1v) is 7.02. The van der Waals surface area contributed by atoms with E-state index in [2.05, 4.69) is 5.10 Å². The third-order valence-electron chi connectivity index (χ3n) is 4.31. The molecule has 0 saturated carbocycles. The average Bonchev–Trinajstić information content (AvgIpc) is 2.68. The predicted molar refractivity (Wildman–Crippen MR) is 69.9 cm³/mol. The first-order valence-electron chi connectivity index (χ1n) is 7.02. The van der Waals surface area contributed by atoms with Crippen molar-refractivity contribution in [3.8, 4) is 0 Å². The quantitative estimate of drug-likeness (QED) is 0.753. The Balaban J connectivity index is 2.01. The van der Waals surface area contributed by atoms with Gasteiger partial charge in [-0.3, -0.25) is 9.58 Å². The number of hydrogen-bond donors (Lipinski definition) is 2. The number of aliphatic hydroxyl groups is 1. The van der Waals surface area contributed by atoms with Crippen molar-refractivity contribution in [2.45, 2.75) is 44.1 Å². The zero-order valence-electron chi connectivity index (χ0n) is 11.6. The highest BCUT2D eigenvalue weighted by Gasteiger charge is 2.38. The molecule has 116 valence electrons.